The average Bonchev–Trinajstić information content (AvgIpc) is 2.25. The molecule has 2 nitrogen and oxygen atoms in total. The van der Waals surface area contributed by atoms with E-state index in [-0.39, 0.29) is 0 Å². The van der Waals surface area contributed by atoms with E-state index in [0.717, 1.165) is 5.92 Å². The van der Waals surface area contributed by atoms with Gasteiger partial charge in [0.05, 0.1) is 0 Å². The zero-order valence-corrected chi connectivity index (χ0v) is 7.78. The van der Waals surface area contributed by atoms with Gasteiger partial charge in [0.25, 0.3) is 0 Å². The third kappa shape index (κ3) is 1.27. The summed E-state index contributed by atoms with van der Waals surface area (Å²) >= 11 is 0. The average molecular weight is 164 g/mol. The van der Waals surface area contributed by atoms with Crippen LogP contribution in [-0.4, -0.2) is 18.1 Å². The molecule has 2 rings (SSSR count). The van der Waals surface area contributed by atoms with Crippen LogP contribution in [0.25, 0.3) is 0 Å². The lowest BCUT2D eigenvalue weighted by Crippen LogP contribution is -2.43. The zero-order chi connectivity index (χ0) is 8.55. The number of hydrogen-bond acceptors (Lipinski definition) is 1. The molecule has 0 aliphatic carbocycles. The van der Waals surface area contributed by atoms with Gasteiger partial charge in [-0.15, -0.1) is 0 Å². The van der Waals surface area contributed by atoms with Crippen LogP contribution in [0.5, 0.6) is 0 Å². The zero-order valence-electron chi connectivity index (χ0n) is 7.78. The van der Waals surface area contributed by atoms with Gasteiger partial charge < -0.3 is 10.3 Å². The minimum atomic E-state index is 0.873. The Bertz CT molecular complexity index is 252. The second-order valence-corrected chi connectivity index (χ2v) is 3.80. The molecule has 1 aromatic rings. The number of aromatic nitrogens is 1. The Balaban J connectivity index is 2.10. The molecule has 0 bridgehead atoms. The van der Waals surface area contributed by atoms with Crippen molar-refractivity contribution >= 4 is 0 Å². The van der Waals surface area contributed by atoms with E-state index in [4.69, 9.17) is 0 Å². The van der Waals surface area contributed by atoms with Gasteiger partial charge in [-0.05, 0) is 50.4 Å². The van der Waals surface area contributed by atoms with Crippen LogP contribution >= 0.6 is 0 Å². The minimum Gasteiger partial charge on any atom is -0.365 e. The van der Waals surface area contributed by atoms with Crippen molar-refractivity contribution in [3.8, 4) is 0 Å². The summed E-state index contributed by atoms with van der Waals surface area (Å²) in [6, 6.07) is 0. The Morgan fingerprint density at radius 1 is 1.42 bits per heavy atom. The predicted octanol–water partition coefficient (Wildman–Crippen LogP) is 1.39. The summed E-state index contributed by atoms with van der Waals surface area (Å²) < 4.78 is 0. The minimum absolute atomic E-state index is 0.873. The molecular weight excluding hydrogens is 148 g/mol. The maximum atomic E-state index is 3.30. The number of aromatic amines is 1. The van der Waals surface area contributed by atoms with Crippen LogP contribution in [0.1, 0.15) is 16.8 Å². The molecule has 1 saturated heterocycles. The normalized spacial score (nSPS) is 17.8. The smallest absolute Gasteiger partial charge is 0.0150 e. The van der Waals surface area contributed by atoms with Crippen molar-refractivity contribution in [1.82, 2.24) is 10.3 Å². The van der Waals surface area contributed by atoms with Crippen LogP contribution in [0.2, 0.25) is 0 Å². The van der Waals surface area contributed by atoms with Gasteiger partial charge in [0.2, 0.25) is 0 Å². The molecule has 0 aromatic carbocycles. The van der Waals surface area contributed by atoms with Crippen molar-refractivity contribution in [2.75, 3.05) is 13.1 Å². The van der Waals surface area contributed by atoms with Gasteiger partial charge in [-0.3, -0.25) is 0 Å². The van der Waals surface area contributed by atoms with Crippen LogP contribution in [0.3, 0.4) is 0 Å². The first-order chi connectivity index (χ1) is 5.77. The van der Waals surface area contributed by atoms with Gasteiger partial charge in [-0.25, -0.2) is 0 Å². The lowest BCUT2D eigenvalue weighted by molar-refractivity contribution is 0.346. The van der Waals surface area contributed by atoms with Gasteiger partial charge in [0.15, 0.2) is 0 Å². The summed E-state index contributed by atoms with van der Waals surface area (Å²) in [7, 11) is 0. The summed E-state index contributed by atoms with van der Waals surface area (Å²) in [4.78, 5) is 3.27. The third-order valence-corrected chi connectivity index (χ3v) is 2.79. The first-order valence-corrected chi connectivity index (χ1v) is 4.61. The van der Waals surface area contributed by atoms with E-state index < -0.39 is 0 Å². The molecule has 1 aliphatic rings. The molecule has 0 atom stereocenters. The van der Waals surface area contributed by atoms with E-state index in [9.17, 15) is 0 Å². The maximum absolute atomic E-state index is 3.30. The van der Waals surface area contributed by atoms with Crippen LogP contribution < -0.4 is 5.32 Å². The number of aryl methyl sites for hydroxylation is 2. The molecule has 0 spiro atoms. The Labute approximate surface area is 73.4 Å². The molecule has 0 unspecified atom stereocenters. The van der Waals surface area contributed by atoms with E-state index in [1.165, 1.54) is 36.3 Å². The molecule has 12 heavy (non-hydrogen) atoms. The lowest BCUT2D eigenvalue weighted by atomic mass is 9.93. The van der Waals surface area contributed by atoms with Gasteiger partial charge >= 0.3 is 0 Å². The van der Waals surface area contributed by atoms with Gasteiger partial charge in [-0.1, -0.05) is 0 Å². The molecule has 0 radical (unpaired) electrons. The molecule has 1 aliphatic heterocycles. The molecule has 2 N–H and O–H groups in total. The number of H-pyrrole nitrogens is 1. The molecule has 0 amide bonds. The quantitative estimate of drug-likeness (QED) is 0.679. The van der Waals surface area contributed by atoms with E-state index in [1.54, 1.807) is 0 Å². The van der Waals surface area contributed by atoms with Crippen molar-refractivity contribution in [2.24, 2.45) is 5.92 Å². The fourth-order valence-electron chi connectivity index (χ4n) is 1.78. The number of rotatable bonds is 2. The van der Waals surface area contributed by atoms with E-state index in [2.05, 4.69) is 30.3 Å². The van der Waals surface area contributed by atoms with Crippen LogP contribution in [0, 0.1) is 19.8 Å². The van der Waals surface area contributed by atoms with Crippen molar-refractivity contribution in [1.29, 1.82) is 0 Å². The van der Waals surface area contributed by atoms with Crippen molar-refractivity contribution in [2.45, 2.75) is 20.3 Å². The fourth-order valence-corrected chi connectivity index (χ4v) is 1.78. The van der Waals surface area contributed by atoms with Crippen LogP contribution in [0.4, 0.5) is 0 Å². The SMILES string of the molecule is Cc1c[nH]c(C)c1CC1CNC1. The molecule has 2 heteroatoms. The molecule has 66 valence electrons. The Morgan fingerprint density at radius 2 is 2.17 bits per heavy atom. The van der Waals surface area contributed by atoms with Crippen molar-refractivity contribution in [3.05, 3.63) is 23.0 Å². The van der Waals surface area contributed by atoms with Gasteiger partial charge in [0.1, 0.15) is 0 Å². The first-order valence-electron chi connectivity index (χ1n) is 4.61. The summed E-state index contributed by atoms with van der Waals surface area (Å²) in [6.45, 7) is 6.74. The van der Waals surface area contributed by atoms with E-state index in [1.807, 2.05) is 0 Å². The van der Waals surface area contributed by atoms with Crippen molar-refractivity contribution < 1.29 is 0 Å². The first kappa shape index (κ1) is 7.87. The van der Waals surface area contributed by atoms with Crippen LogP contribution in [0.15, 0.2) is 6.20 Å². The molecule has 1 aromatic heterocycles. The van der Waals surface area contributed by atoms with Gasteiger partial charge in [-0.2, -0.15) is 0 Å². The maximum Gasteiger partial charge on any atom is 0.0150 e. The highest BCUT2D eigenvalue weighted by Gasteiger charge is 2.19. The monoisotopic (exact) mass is 164 g/mol. The highest BCUT2D eigenvalue weighted by atomic mass is 14.9. The van der Waals surface area contributed by atoms with E-state index >= 15 is 0 Å². The summed E-state index contributed by atoms with van der Waals surface area (Å²) in [5, 5.41) is 3.30. The lowest BCUT2D eigenvalue weighted by Gasteiger charge is -2.27. The second kappa shape index (κ2) is 2.94. The van der Waals surface area contributed by atoms with E-state index in [0.29, 0.717) is 0 Å². The number of nitrogens with one attached hydrogen (secondary N) is 2. The standard InChI is InChI=1S/C10H16N2/c1-7-4-12-8(2)10(7)3-9-5-11-6-9/h4,9,11-12H,3,5-6H2,1-2H3. The molecule has 1 fully saturated rings. The van der Waals surface area contributed by atoms with Gasteiger partial charge in [0, 0.05) is 11.9 Å². The highest BCUT2D eigenvalue weighted by molar-refractivity contribution is 5.29. The Morgan fingerprint density at radius 3 is 2.58 bits per heavy atom. The highest BCUT2D eigenvalue weighted by Crippen LogP contribution is 2.18. The van der Waals surface area contributed by atoms with Crippen molar-refractivity contribution in [3.63, 3.8) is 0 Å². The fraction of sp³-hybridized carbons (Fsp3) is 0.600. The summed E-state index contributed by atoms with van der Waals surface area (Å²) in [5.74, 6) is 0.873. The molecular formula is C10H16N2. The summed E-state index contributed by atoms with van der Waals surface area (Å²) in [5.41, 5.74) is 4.29. The largest absolute Gasteiger partial charge is 0.365 e. The van der Waals surface area contributed by atoms with Crippen LogP contribution in [-0.2, 0) is 6.42 Å². The molecule has 0 saturated carbocycles. The second-order valence-electron chi connectivity index (χ2n) is 3.80. The predicted molar refractivity (Wildman–Crippen MR) is 50.3 cm³/mol. The Hall–Kier alpha value is -0.760. The molecule has 2 heterocycles. The topological polar surface area (TPSA) is 27.8 Å². The Kier molecular flexibility index (Phi) is 1.93. The number of hydrogen-bond donors (Lipinski definition) is 2. The third-order valence-electron chi connectivity index (χ3n) is 2.79. The summed E-state index contributed by atoms with van der Waals surface area (Å²) in [6.07, 6.45) is 3.35.